The van der Waals surface area contributed by atoms with Crippen molar-refractivity contribution in [3.05, 3.63) is 0 Å². The third kappa shape index (κ3) is 1.99. The summed E-state index contributed by atoms with van der Waals surface area (Å²) in [5, 5.41) is 8.39. The van der Waals surface area contributed by atoms with Gasteiger partial charge in [-0.2, -0.15) is 0 Å². The van der Waals surface area contributed by atoms with E-state index in [4.69, 9.17) is 0 Å². The van der Waals surface area contributed by atoms with Crippen LogP contribution in [0.2, 0.25) is 0 Å². The molecule has 0 aromatic rings. The molecule has 6 rings (SSSR count). The normalized spacial score (nSPS) is 57.6. The van der Waals surface area contributed by atoms with E-state index in [0.717, 1.165) is 47.6 Å². The van der Waals surface area contributed by atoms with Crippen molar-refractivity contribution in [1.82, 2.24) is 10.6 Å². The minimum absolute atomic E-state index is 0.631. The Morgan fingerprint density at radius 2 is 0.920 bits per heavy atom. The Hall–Kier alpha value is -0.0800. The molecule has 8 atom stereocenters. The van der Waals surface area contributed by atoms with Gasteiger partial charge >= 0.3 is 0 Å². The molecule has 4 aliphatic carbocycles. The van der Waals surface area contributed by atoms with Crippen LogP contribution in [0.15, 0.2) is 0 Å². The Kier molecular flexibility index (Phi) is 3.80. The van der Waals surface area contributed by atoms with E-state index in [2.05, 4.69) is 10.6 Å². The molecule has 0 aromatic heterocycles. The molecule has 2 nitrogen and oxygen atoms in total. The van der Waals surface area contributed by atoms with Gasteiger partial charge < -0.3 is 10.6 Å². The third-order valence-corrected chi connectivity index (χ3v) is 10.1. The zero-order chi connectivity index (χ0) is 16.4. The van der Waals surface area contributed by atoms with Crippen LogP contribution in [0.4, 0.5) is 0 Å². The Bertz CT molecular complexity index is 423. The molecule has 2 heterocycles. The van der Waals surface area contributed by atoms with Gasteiger partial charge in [-0.05, 0) is 100.0 Å². The van der Waals surface area contributed by atoms with Crippen LogP contribution in [0.25, 0.3) is 0 Å². The second-order valence-corrected chi connectivity index (χ2v) is 10.6. The van der Waals surface area contributed by atoms with Crippen molar-refractivity contribution >= 4 is 0 Å². The van der Waals surface area contributed by atoms with Gasteiger partial charge in [0.15, 0.2) is 0 Å². The molecule has 25 heavy (non-hydrogen) atoms. The van der Waals surface area contributed by atoms with Crippen LogP contribution in [0.5, 0.6) is 0 Å². The molecular formula is C23H38N2. The first-order valence-corrected chi connectivity index (χ1v) is 11.9. The van der Waals surface area contributed by atoms with E-state index in [1.54, 1.807) is 25.7 Å². The Balaban J connectivity index is 1.50. The topological polar surface area (TPSA) is 24.1 Å². The SMILES string of the molecule is C1CCC2C(C1)C1CCCCC1C21C2NCCCC2C2CCCNC21. The van der Waals surface area contributed by atoms with E-state index in [-0.39, 0.29) is 0 Å². The zero-order valence-electron chi connectivity index (χ0n) is 16.0. The van der Waals surface area contributed by atoms with E-state index in [0.29, 0.717) is 5.41 Å². The first kappa shape index (κ1) is 15.9. The summed E-state index contributed by atoms with van der Waals surface area (Å²) < 4.78 is 0. The average molecular weight is 343 g/mol. The first-order valence-electron chi connectivity index (χ1n) is 11.9. The summed E-state index contributed by atoms with van der Waals surface area (Å²) in [6, 6.07) is 1.72. The monoisotopic (exact) mass is 342 g/mol. The summed E-state index contributed by atoms with van der Waals surface area (Å²) in [6.07, 6.45) is 18.3. The van der Waals surface area contributed by atoms with Crippen LogP contribution in [-0.4, -0.2) is 25.2 Å². The van der Waals surface area contributed by atoms with Gasteiger partial charge in [0.05, 0.1) is 0 Å². The summed E-state index contributed by atoms with van der Waals surface area (Å²) in [7, 11) is 0. The molecule has 4 saturated carbocycles. The van der Waals surface area contributed by atoms with Gasteiger partial charge in [0, 0.05) is 17.5 Å². The van der Waals surface area contributed by atoms with Crippen LogP contribution in [0.3, 0.4) is 0 Å². The smallest absolute Gasteiger partial charge is 0.0175 e. The second-order valence-electron chi connectivity index (χ2n) is 10.6. The molecule has 6 fully saturated rings. The highest BCUT2D eigenvalue weighted by atomic mass is 15.1. The van der Waals surface area contributed by atoms with Crippen LogP contribution in [-0.2, 0) is 0 Å². The second kappa shape index (κ2) is 5.96. The molecular weight excluding hydrogens is 304 g/mol. The van der Waals surface area contributed by atoms with Crippen LogP contribution < -0.4 is 10.6 Å². The molecule has 2 aliphatic heterocycles. The lowest BCUT2D eigenvalue weighted by Crippen LogP contribution is -2.60. The molecule has 0 bridgehead atoms. The van der Waals surface area contributed by atoms with Gasteiger partial charge in [-0.1, -0.05) is 25.7 Å². The summed E-state index contributed by atoms with van der Waals surface area (Å²) in [4.78, 5) is 0. The lowest BCUT2D eigenvalue weighted by atomic mass is 9.59. The fourth-order valence-corrected chi connectivity index (χ4v) is 9.82. The number of rotatable bonds is 0. The molecule has 2 N–H and O–H groups in total. The fraction of sp³-hybridized carbons (Fsp3) is 1.00. The van der Waals surface area contributed by atoms with Crippen molar-refractivity contribution in [3.63, 3.8) is 0 Å². The summed E-state index contributed by atoms with van der Waals surface area (Å²) in [5.41, 5.74) is 0.631. The van der Waals surface area contributed by atoms with Crippen molar-refractivity contribution < 1.29 is 0 Å². The van der Waals surface area contributed by atoms with Gasteiger partial charge in [0.25, 0.3) is 0 Å². The minimum atomic E-state index is 0.631. The number of fused-ring (bicyclic) bond motifs is 10. The lowest BCUT2D eigenvalue weighted by molar-refractivity contribution is 0.0103. The molecule has 2 heteroatoms. The van der Waals surface area contributed by atoms with Gasteiger partial charge in [0.2, 0.25) is 0 Å². The van der Waals surface area contributed by atoms with E-state index in [1.807, 2.05) is 0 Å². The average Bonchev–Trinajstić information content (AvgIpc) is 3.16. The van der Waals surface area contributed by atoms with Crippen molar-refractivity contribution in [1.29, 1.82) is 0 Å². The third-order valence-electron chi connectivity index (χ3n) is 10.1. The predicted octanol–water partition coefficient (Wildman–Crippen LogP) is 4.35. The molecule has 6 aliphatic rings. The van der Waals surface area contributed by atoms with Crippen molar-refractivity contribution in [2.75, 3.05) is 13.1 Å². The number of nitrogens with one attached hydrogen (secondary N) is 2. The van der Waals surface area contributed by atoms with Crippen molar-refractivity contribution in [2.24, 2.45) is 40.9 Å². The standard InChI is InChI=1S/C23H38N2/c1-3-11-19-15(7-1)16-8-2-4-12-20(16)23(19)21-17(9-5-13-24-21)18-10-6-14-25-22(18)23/h15-22,24-25H,1-14H2. The molecule has 0 aromatic carbocycles. The van der Waals surface area contributed by atoms with Gasteiger partial charge in [-0.15, -0.1) is 0 Å². The van der Waals surface area contributed by atoms with Crippen molar-refractivity contribution in [2.45, 2.75) is 89.1 Å². The zero-order valence-corrected chi connectivity index (χ0v) is 16.0. The maximum atomic E-state index is 4.20. The summed E-state index contributed by atoms with van der Waals surface area (Å²) in [6.45, 7) is 2.61. The lowest BCUT2D eigenvalue weighted by Gasteiger charge is -2.51. The van der Waals surface area contributed by atoms with E-state index >= 15 is 0 Å². The minimum Gasteiger partial charge on any atom is -0.313 e. The maximum absolute atomic E-state index is 4.20. The maximum Gasteiger partial charge on any atom is 0.0175 e. The van der Waals surface area contributed by atoms with Gasteiger partial charge in [-0.25, -0.2) is 0 Å². The molecule has 8 unspecified atom stereocenters. The predicted molar refractivity (Wildman–Crippen MR) is 102 cm³/mol. The van der Waals surface area contributed by atoms with Crippen molar-refractivity contribution in [3.8, 4) is 0 Å². The van der Waals surface area contributed by atoms with E-state index < -0.39 is 0 Å². The number of hydrogen-bond acceptors (Lipinski definition) is 2. The highest BCUT2D eigenvalue weighted by Crippen LogP contribution is 2.71. The van der Waals surface area contributed by atoms with E-state index in [1.165, 1.54) is 64.5 Å². The molecule has 0 radical (unpaired) electrons. The highest BCUT2D eigenvalue weighted by Gasteiger charge is 2.72. The van der Waals surface area contributed by atoms with Crippen LogP contribution in [0.1, 0.15) is 77.0 Å². The Morgan fingerprint density at radius 1 is 0.480 bits per heavy atom. The fourth-order valence-electron chi connectivity index (χ4n) is 9.82. The number of hydrogen-bond donors (Lipinski definition) is 2. The van der Waals surface area contributed by atoms with E-state index in [9.17, 15) is 0 Å². The Morgan fingerprint density at radius 3 is 1.44 bits per heavy atom. The molecule has 140 valence electrons. The van der Waals surface area contributed by atoms with Crippen LogP contribution in [0, 0.1) is 40.9 Å². The Labute approximate surface area is 154 Å². The summed E-state index contributed by atoms with van der Waals surface area (Å²) >= 11 is 0. The molecule has 2 saturated heterocycles. The molecule has 0 amide bonds. The largest absolute Gasteiger partial charge is 0.313 e. The van der Waals surface area contributed by atoms with Gasteiger partial charge in [-0.3, -0.25) is 0 Å². The first-order chi connectivity index (χ1) is 12.4. The number of piperidine rings is 2. The molecule has 1 spiro atoms. The summed E-state index contributed by atoms with van der Waals surface area (Å²) in [5.74, 6) is 6.27. The highest BCUT2D eigenvalue weighted by molar-refractivity contribution is 5.24. The quantitative estimate of drug-likeness (QED) is 0.684. The van der Waals surface area contributed by atoms with Crippen LogP contribution >= 0.6 is 0 Å². The van der Waals surface area contributed by atoms with Gasteiger partial charge in [0.1, 0.15) is 0 Å².